The van der Waals surface area contributed by atoms with Crippen molar-refractivity contribution in [1.29, 1.82) is 0 Å². The fourth-order valence-corrected chi connectivity index (χ4v) is 3.01. The maximum absolute atomic E-state index is 13.6. The summed E-state index contributed by atoms with van der Waals surface area (Å²) in [5.41, 5.74) is -1.46. The molecule has 0 aliphatic heterocycles. The number of alkyl halides is 3. The predicted molar refractivity (Wildman–Crippen MR) is 68.0 cm³/mol. The minimum atomic E-state index is -4.40. The third kappa shape index (κ3) is 1.76. The zero-order valence-electron chi connectivity index (χ0n) is 9.31. The average Bonchev–Trinajstić information content (AvgIpc) is 3.01. The molecule has 1 N–H and O–H groups in total. The Balaban J connectivity index is 2.34. The van der Waals surface area contributed by atoms with Crippen LogP contribution in [0.3, 0.4) is 0 Å². The molecule has 1 aliphatic carbocycles. The van der Waals surface area contributed by atoms with Crippen LogP contribution in [0.2, 0.25) is 0 Å². The molecule has 0 atom stereocenters. The zero-order chi connectivity index (χ0) is 14.0. The standard InChI is InChI=1S/C11H7BrF4N2S/c12-5-3-7-8(4-6(5)13)18(9(19)17-7)10(1-2-10)11(14,15)16/h3-4H,1-2H2,(H,17,19). The summed E-state index contributed by atoms with van der Waals surface area (Å²) >= 11 is 7.96. The van der Waals surface area contributed by atoms with Crippen molar-refractivity contribution >= 4 is 39.2 Å². The lowest BCUT2D eigenvalue weighted by molar-refractivity contribution is -0.179. The molecule has 1 saturated carbocycles. The summed E-state index contributed by atoms with van der Waals surface area (Å²) in [6.45, 7) is 0. The molecule has 3 rings (SSSR count). The first-order chi connectivity index (χ1) is 8.76. The molecule has 2 aromatic rings. The third-order valence-corrected chi connectivity index (χ3v) is 4.30. The molecule has 0 radical (unpaired) electrons. The number of aromatic amines is 1. The van der Waals surface area contributed by atoms with Crippen LogP contribution >= 0.6 is 28.1 Å². The fourth-order valence-electron chi connectivity index (χ4n) is 2.28. The Morgan fingerprint density at radius 3 is 2.47 bits per heavy atom. The highest BCUT2D eigenvalue weighted by Crippen LogP contribution is 2.56. The molecule has 1 aromatic carbocycles. The number of hydrogen-bond donors (Lipinski definition) is 1. The van der Waals surface area contributed by atoms with Crippen molar-refractivity contribution in [2.75, 3.05) is 0 Å². The molecule has 1 fully saturated rings. The van der Waals surface area contributed by atoms with E-state index >= 15 is 0 Å². The average molecular weight is 355 g/mol. The number of nitrogens with one attached hydrogen (secondary N) is 1. The van der Waals surface area contributed by atoms with Gasteiger partial charge in [-0.1, -0.05) is 0 Å². The number of imidazole rings is 1. The number of rotatable bonds is 1. The van der Waals surface area contributed by atoms with Gasteiger partial charge in [0.15, 0.2) is 4.77 Å². The maximum Gasteiger partial charge on any atom is 0.412 e. The number of benzene rings is 1. The summed E-state index contributed by atoms with van der Waals surface area (Å²) in [4.78, 5) is 2.69. The van der Waals surface area contributed by atoms with Crippen LogP contribution in [-0.2, 0) is 5.54 Å². The number of fused-ring (bicyclic) bond motifs is 1. The lowest BCUT2D eigenvalue weighted by Crippen LogP contribution is -2.34. The normalized spacial score (nSPS) is 17.9. The van der Waals surface area contributed by atoms with Crippen LogP contribution in [0.15, 0.2) is 16.6 Å². The largest absolute Gasteiger partial charge is 0.412 e. The van der Waals surface area contributed by atoms with E-state index in [-0.39, 0.29) is 27.6 Å². The lowest BCUT2D eigenvalue weighted by Gasteiger charge is -2.21. The van der Waals surface area contributed by atoms with Crippen molar-refractivity contribution in [2.24, 2.45) is 0 Å². The number of hydrogen-bond acceptors (Lipinski definition) is 1. The summed E-state index contributed by atoms with van der Waals surface area (Å²) in [5, 5.41) is 0. The topological polar surface area (TPSA) is 20.7 Å². The van der Waals surface area contributed by atoms with Crippen molar-refractivity contribution < 1.29 is 17.6 Å². The quantitative estimate of drug-likeness (QED) is 0.583. The summed E-state index contributed by atoms with van der Waals surface area (Å²) in [6, 6.07) is 2.46. The van der Waals surface area contributed by atoms with E-state index in [1.165, 1.54) is 6.07 Å². The van der Waals surface area contributed by atoms with E-state index in [2.05, 4.69) is 20.9 Å². The summed E-state index contributed by atoms with van der Waals surface area (Å²) in [7, 11) is 0. The summed E-state index contributed by atoms with van der Waals surface area (Å²) in [5.74, 6) is -0.617. The van der Waals surface area contributed by atoms with Crippen LogP contribution in [0, 0.1) is 10.6 Å². The Morgan fingerprint density at radius 1 is 1.32 bits per heavy atom. The van der Waals surface area contributed by atoms with Gasteiger partial charge in [0.25, 0.3) is 0 Å². The van der Waals surface area contributed by atoms with Gasteiger partial charge in [-0.15, -0.1) is 0 Å². The van der Waals surface area contributed by atoms with Gasteiger partial charge in [0.05, 0.1) is 15.5 Å². The Kier molecular flexibility index (Phi) is 2.63. The van der Waals surface area contributed by atoms with Crippen LogP contribution in [0.5, 0.6) is 0 Å². The SMILES string of the molecule is Fc1cc2c(cc1Br)[nH]c(=S)n2C1(C(F)(F)F)CC1. The number of halogens is 5. The van der Waals surface area contributed by atoms with E-state index in [4.69, 9.17) is 12.2 Å². The molecule has 0 bridgehead atoms. The molecule has 19 heavy (non-hydrogen) atoms. The van der Waals surface area contributed by atoms with Crippen LogP contribution in [-0.4, -0.2) is 15.7 Å². The van der Waals surface area contributed by atoms with Gasteiger partial charge in [0.1, 0.15) is 11.4 Å². The fraction of sp³-hybridized carbons (Fsp3) is 0.364. The molecule has 1 aliphatic rings. The Morgan fingerprint density at radius 2 is 1.95 bits per heavy atom. The molecular formula is C11H7BrF4N2S. The van der Waals surface area contributed by atoms with Crippen molar-refractivity contribution in [3.8, 4) is 0 Å². The van der Waals surface area contributed by atoms with Crippen LogP contribution < -0.4 is 0 Å². The summed E-state index contributed by atoms with van der Waals surface area (Å²) in [6.07, 6.45) is -4.46. The van der Waals surface area contributed by atoms with E-state index in [0.29, 0.717) is 5.52 Å². The van der Waals surface area contributed by atoms with Crippen LogP contribution in [0.4, 0.5) is 17.6 Å². The Bertz CT molecular complexity index is 727. The minimum Gasteiger partial charge on any atom is -0.331 e. The zero-order valence-corrected chi connectivity index (χ0v) is 11.7. The maximum atomic E-state index is 13.6. The molecule has 8 heteroatoms. The van der Waals surface area contributed by atoms with Crippen molar-refractivity contribution in [1.82, 2.24) is 9.55 Å². The summed E-state index contributed by atoms with van der Waals surface area (Å²) < 4.78 is 54.2. The Hall–Kier alpha value is -0.890. The van der Waals surface area contributed by atoms with Gasteiger partial charge in [-0.2, -0.15) is 13.2 Å². The third-order valence-electron chi connectivity index (χ3n) is 3.40. The molecule has 1 aromatic heterocycles. The van der Waals surface area contributed by atoms with Crippen LogP contribution in [0.1, 0.15) is 12.8 Å². The van der Waals surface area contributed by atoms with Crippen molar-refractivity contribution in [3.05, 3.63) is 27.2 Å². The molecular weight excluding hydrogens is 348 g/mol. The Labute approximate surface area is 118 Å². The molecule has 0 amide bonds. The van der Waals surface area contributed by atoms with E-state index in [0.717, 1.165) is 10.6 Å². The van der Waals surface area contributed by atoms with E-state index in [1.54, 1.807) is 0 Å². The monoisotopic (exact) mass is 354 g/mol. The van der Waals surface area contributed by atoms with Gasteiger partial charge in [-0.3, -0.25) is 0 Å². The molecule has 0 unspecified atom stereocenters. The molecule has 0 spiro atoms. The lowest BCUT2D eigenvalue weighted by atomic mass is 10.2. The number of aromatic nitrogens is 2. The highest BCUT2D eigenvalue weighted by atomic mass is 79.9. The van der Waals surface area contributed by atoms with E-state index < -0.39 is 17.5 Å². The molecule has 2 nitrogen and oxygen atoms in total. The first kappa shape index (κ1) is 13.1. The predicted octanol–water partition coefficient (Wildman–Crippen LogP) is 4.65. The van der Waals surface area contributed by atoms with Gasteiger partial charge in [0, 0.05) is 6.07 Å². The van der Waals surface area contributed by atoms with Gasteiger partial charge in [0.2, 0.25) is 0 Å². The van der Waals surface area contributed by atoms with Gasteiger partial charge >= 0.3 is 6.18 Å². The second-order valence-electron chi connectivity index (χ2n) is 4.58. The van der Waals surface area contributed by atoms with Crippen LogP contribution in [0.25, 0.3) is 11.0 Å². The smallest absolute Gasteiger partial charge is 0.331 e. The number of nitrogens with zero attached hydrogens (tertiary/aromatic N) is 1. The highest BCUT2D eigenvalue weighted by Gasteiger charge is 2.65. The first-order valence-electron chi connectivity index (χ1n) is 5.43. The second-order valence-corrected chi connectivity index (χ2v) is 5.82. The first-order valence-corrected chi connectivity index (χ1v) is 6.63. The number of H-pyrrole nitrogens is 1. The van der Waals surface area contributed by atoms with Crippen molar-refractivity contribution in [3.63, 3.8) is 0 Å². The minimum absolute atomic E-state index is 0.0323. The van der Waals surface area contributed by atoms with Gasteiger partial charge in [-0.05, 0) is 47.1 Å². The van der Waals surface area contributed by atoms with E-state index in [1.807, 2.05) is 0 Å². The molecule has 1 heterocycles. The molecule has 0 saturated heterocycles. The second kappa shape index (κ2) is 3.82. The van der Waals surface area contributed by atoms with E-state index in [9.17, 15) is 17.6 Å². The highest BCUT2D eigenvalue weighted by molar-refractivity contribution is 9.10. The molecule has 102 valence electrons. The van der Waals surface area contributed by atoms with Gasteiger partial charge < -0.3 is 9.55 Å². The van der Waals surface area contributed by atoms with Crippen molar-refractivity contribution in [2.45, 2.75) is 24.6 Å². The van der Waals surface area contributed by atoms with Gasteiger partial charge in [-0.25, -0.2) is 4.39 Å².